The molecule has 0 aromatic heterocycles. The van der Waals surface area contributed by atoms with Crippen LogP contribution in [0.2, 0.25) is 0 Å². The van der Waals surface area contributed by atoms with Crippen LogP contribution in [0.5, 0.6) is 0 Å². The van der Waals surface area contributed by atoms with Gasteiger partial charge in [-0.3, -0.25) is 9.59 Å². The van der Waals surface area contributed by atoms with Gasteiger partial charge in [-0.1, -0.05) is 13.8 Å². The van der Waals surface area contributed by atoms with Crippen LogP contribution in [0.1, 0.15) is 52.4 Å². The Hall–Kier alpha value is -1.10. The number of carboxylic acid groups (broad SMARTS) is 1. The molecule has 18 heavy (non-hydrogen) atoms. The topological polar surface area (TPSA) is 75.6 Å². The molecule has 1 aliphatic heterocycles. The van der Waals surface area contributed by atoms with Gasteiger partial charge in [0.25, 0.3) is 0 Å². The van der Waals surface area contributed by atoms with Gasteiger partial charge in [0.05, 0.1) is 12.0 Å². The van der Waals surface area contributed by atoms with E-state index in [0.29, 0.717) is 6.61 Å². The molecule has 1 fully saturated rings. The van der Waals surface area contributed by atoms with E-state index in [1.54, 1.807) is 0 Å². The lowest BCUT2D eigenvalue weighted by Crippen LogP contribution is -2.48. The van der Waals surface area contributed by atoms with Gasteiger partial charge in [0.1, 0.15) is 0 Å². The second kappa shape index (κ2) is 6.73. The molecule has 1 atom stereocenters. The summed E-state index contributed by atoms with van der Waals surface area (Å²) in [5, 5.41) is 11.4. The fraction of sp³-hybridized carbons (Fsp3) is 0.846. The van der Waals surface area contributed by atoms with E-state index in [9.17, 15) is 9.59 Å². The number of nitrogens with one attached hydrogen (secondary N) is 1. The zero-order valence-electron chi connectivity index (χ0n) is 11.2. The maximum Gasteiger partial charge on any atom is 0.303 e. The minimum absolute atomic E-state index is 0.0535. The molecule has 1 saturated heterocycles. The zero-order valence-corrected chi connectivity index (χ0v) is 11.2. The average Bonchev–Trinajstić information content (AvgIpc) is 2.36. The number of hydrogen-bond acceptors (Lipinski definition) is 3. The minimum atomic E-state index is -0.936. The first-order chi connectivity index (χ1) is 8.51. The molecule has 1 amide bonds. The molecule has 104 valence electrons. The van der Waals surface area contributed by atoms with Gasteiger partial charge in [0.15, 0.2) is 0 Å². The number of carbonyl (C=O) groups is 2. The molecular formula is C13H23NO4. The predicted molar refractivity (Wildman–Crippen MR) is 67.3 cm³/mol. The lowest BCUT2D eigenvalue weighted by molar-refractivity contribution is -0.139. The quantitative estimate of drug-likeness (QED) is 0.759. The molecule has 1 rings (SSSR count). The summed E-state index contributed by atoms with van der Waals surface area (Å²) < 4.78 is 5.83. The maximum atomic E-state index is 11.6. The fourth-order valence-electron chi connectivity index (χ4n) is 2.41. The van der Waals surface area contributed by atoms with Crippen LogP contribution in [0.3, 0.4) is 0 Å². The fourth-order valence-corrected chi connectivity index (χ4v) is 2.41. The van der Waals surface area contributed by atoms with E-state index in [4.69, 9.17) is 9.84 Å². The van der Waals surface area contributed by atoms with Gasteiger partial charge in [-0.05, 0) is 25.7 Å². The highest BCUT2D eigenvalue weighted by molar-refractivity contribution is 5.80. The summed E-state index contributed by atoms with van der Waals surface area (Å²) in [6.45, 7) is 4.85. The van der Waals surface area contributed by atoms with Crippen LogP contribution in [0, 0.1) is 0 Å². The lowest BCUT2D eigenvalue weighted by Gasteiger charge is -2.40. The van der Waals surface area contributed by atoms with Crippen LogP contribution in [0.4, 0.5) is 0 Å². The van der Waals surface area contributed by atoms with Gasteiger partial charge in [-0.25, -0.2) is 0 Å². The number of ether oxygens (including phenoxy) is 1. The summed E-state index contributed by atoms with van der Waals surface area (Å²) in [6.07, 6.45) is 3.44. The molecule has 0 saturated carbocycles. The van der Waals surface area contributed by atoms with Crippen molar-refractivity contribution in [2.24, 2.45) is 0 Å². The van der Waals surface area contributed by atoms with Crippen molar-refractivity contribution in [2.75, 3.05) is 6.61 Å². The van der Waals surface area contributed by atoms with Crippen LogP contribution in [0.15, 0.2) is 0 Å². The van der Waals surface area contributed by atoms with E-state index in [1.165, 1.54) is 0 Å². The molecule has 0 aliphatic carbocycles. The van der Waals surface area contributed by atoms with Crippen molar-refractivity contribution in [1.29, 1.82) is 0 Å². The third kappa shape index (κ3) is 4.29. The van der Waals surface area contributed by atoms with Crippen LogP contribution in [-0.2, 0) is 14.3 Å². The molecule has 2 N–H and O–H groups in total. The predicted octanol–water partition coefficient (Wildman–Crippen LogP) is 1.71. The Balaban J connectivity index is 2.42. The molecular weight excluding hydrogens is 234 g/mol. The molecule has 0 radical (unpaired) electrons. The Kier molecular flexibility index (Phi) is 5.59. The second-order valence-corrected chi connectivity index (χ2v) is 4.89. The molecule has 1 unspecified atom stereocenters. The van der Waals surface area contributed by atoms with Crippen LogP contribution in [0.25, 0.3) is 0 Å². The van der Waals surface area contributed by atoms with Crippen molar-refractivity contribution < 1.29 is 19.4 Å². The first kappa shape index (κ1) is 15.0. The molecule has 0 bridgehead atoms. The highest BCUT2D eigenvalue weighted by Gasteiger charge is 2.34. The van der Waals surface area contributed by atoms with Crippen molar-refractivity contribution in [3.63, 3.8) is 0 Å². The maximum absolute atomic E-state index is 11.6. The molecule has 0 aromatic carbocycles. The molecule has 5 nitrogen and oxygen atoms in total. The summed E-state index contributed by atoms with van der Waals surface area (Å²) >= 11 is 0. The van der Waals surface area contributed by atoms with Crippen LogP contribution in [-0.4, -0.2) is 35.2 Å². The Labute approximate surface area is 108 Å². The first-order valence-electron chi connectivity index (χ1n) is 6.66. The zero-order chi connectivity index (χ0) is 13.6. The smallest absolute Gasteiger partial charge is 0.303 e. The average molecular weight is 257 g/mol. The van der Waals surface area contributed by atoms with Gasteiger partial charge in [0.2, 0.25) is 5.91 Å². The number of aliphatic carboxylic acids is 1. The van der Waals surface area contributed by atoms with Crippen molar-refractivity contribution >= 4 is 11.9 Å². The number of carboxylic acids is 1. The van der Waals surface area contributed by atoms with Crippen molar-refractivity contribution in [2.45, 2.75) is 64.0 Å². The summed E-state index contributed by atoms with van der Waals surface area (Å²) in [5.41, 5.74) is -0.122. The van der Waals surface area contributed by atoms with E-state index >= 15 is 0 Å². The summed E-state index contributed by atoms with van der Waals surface area (Å²) in [5.74, 6) is -1.11. The Morgan fingerprint density at radius 1 is 1.33 bits per heavy atom. The van der Waals surface area contributed by atoms with E-state index in [0.717, 1.165) is 25.7 Å². The van der Waals surface area contributed by atoms with Crippen molar-refractivity contribution in [3.8, 4) is 0 Å². The Bertz CT molecular complexity index is 299. The number of amides is 1. The summed E-state index contributed by atoms with van der Waals surface area (Å²) in [7, 11) is 0. The molecule has 5 heteroatoms. The number of hydrogen-bond donors (Lipinski definition) is 2. The van der Waals surface area contributed by atoms with Crippen molar-refractivity contribution in [3.05, 3.63) is 0 Å². The van der Waals surface area contributed by atoms with Crippen molar-refractivity contribution in [1.82, 2.24) is 5.32 Å². The van der Waals surface area contributed by atoms with E-state index in [2.05, 4.69) is 19.2 Å². The molecule has 0 aromatic rings. The minimum Gasteiger partial charge on any atom is -0.481 e. The van der Waals surface area contributed by atoms with Gasteiger partial charge >= 0.3 is 5.97 Å². The Morgan fingerprint density at radius 2 is 2.00 bits per heavy atom. The third-order valence-corrected chi connectivity index (χ3v) is 3.71. The summed E-state index contributed by atoms with van der Waals surface area (Å²) in [6, 6.07) is 0.111. The molecule has 1 heterocycles. The van der Waals surface area contributed by atoms with E-state index in [1.807, 2.05) is 0 Å². The molecule has 0 spiro atoms. The molecule has 1 aliphatic rings. The monoisotopic (exact) mass is 257 g/mol. The van der Waals surface area contributed by atoms with Gasteiger partial charge in [-0.2, -0.15) is 0 Å². The lowest BCUT2D eigenvalue weighted by atomic mass is 9.86. The third-order valence-electron chi connectivity index (χ3n) is 3.71. The van der Waals surface area contributed by atoms with Crippen LogP contribution < -0.4 is 5.32 Å². The largest absolute Gasteiger partial charge is 0.481 e. The van der Waals surface area contributed by atoms with E-state index < -0.39 is 5.97 Å². The SMILES string of the molecule is CCC1(CC)CC(NC(=O)CCC(=O)O)CCO1. The van der Waals surface area contributed by atoms with Gasteiger partial charge in [0, 0.05) is 19.1 Å². The highest BCUT2D eigenvalue weighted by atomic mass is 16.5. The summed E-state index contributed by atoms with van der Waals surface area (Å²) in [4.78, 5) is 22.0. The first-order valence-corrected chi connectivity index (χ1v) is 6.66. The normalized spacial score (nSPS) is 22.4. The van der Waals surface area contributed by atoms with Crippen LogP contribution >= 0.6 is 0 Å². The second-order valence-electron chi connectivity index (χ2n) is 4.89. The Morgan fingerprint density at radius 3 is 2.56 bits per heavy atom. The van der Waals surface area contributed by atoms with Gasteiger partial charge < -0.3 is 15.2 Å². The number of rotatable bonds is 6. The van der Waals surface area contributed by atoms with Gasteiger partial charge in [-0.15, -0.1) is 0 Å². The standard InChI is InChI=1S/C13H23NO4/c1-3-13(4-2)9-10(7-8-18-13)14-11(15)5-6-12(16)17/h10H,3-9H2,1-2H3,(H,14,15)(H,16,17). The highest BCUT2D eigenvalue weighted by Crippen LogP contribution is 2.31. The number of carbonyl (C=O) groups excluding carboxylic acids is 1. The van der Waals surface area contributed by atoms with E-state index in [-0.39, 0.29) is 30.4 Å².